The van der Waals surface area contributed by atoms with Gasteiger partial charge < -0.3 is 19.9 Å². The molecule has 0 amide bonds. The van der Waals surface area contributed by atoms with Gasteiger partial charge in [-0.3, -0.25) is 4.90 Å². The van der Waals surface area contributed by atoms with Crippen LogP contribution >= 0.6 is 0 Å². The molecule has 2 aliphatic rings. The van der Waals surface area contributed by atoms with E-state index in [2.05, 4.69) is 27.4 Å². The lowest BCUT2D eigenvalue weighted by molar-refractivity contribution is -0.140. The summed E-state index contributed by atoms with van der Waals surface area (Å²) in [6.45, 7) is 0.0349. The van der Waals surface area contributed by atoms with Gasteiger partial charge in [0.2, 0.25) is 0 Å². The van der Waals surface area contributed by atoms with E-state index in [1.165, 1.54) is 23.8 Å². The number of fused-ring (bicyclic) bond motifs is 1. The van der Waals surface area contributed by atoms with Gasteiger partial charge in [-0.2, -0.15) is 13.2 Å². The third-order valence-corrected chi connectivity index (χ3v) is 11.1. The molecule has 0 bridgehead atoms. The lowest BCUT2D eigenvalue weighted by Gasteiger charge is -2.39. The minimum absolute atomic E-state index is 0.0828. The molecule has 0 spiro atoms. The van der Waals surface area contributed by atoms with Crippen molar-refractivity contribution in [2.24, 2.45) is 0 Å². The van der Waals surface area contributed by atoms with E-state index in [-0.39, 0.29) is 34.7 Å². The average molecular weight is 667 g/mol. The summed E-state index contributed by atoms with van der Waals surface area (Å²) in [5.74, 6) is 6.49. The highest BCUT2D eigenvalue weighted by molar-refractivity contribution is 7.91. The Balaban J connectivity index is 1.31. The standard InChI is InChI=1S/C31H37F3N4O5S2/c1-43-30-20-25(44(2,39)40)12-13-28(30)35-14-4-5-24-19-26-27(6-3-7-29(26)38(24)21-31(32,33)34)36-22-8-10-23(11-9-22)37-15-17-45(41,42)18-16-37/h3,6-7,12-13,19-20,22-23,35-36H,8-11,14-18,21H2,1-2H3. The van der Waals surface area contributed by atoms with Crippen molar-refractivity contribution in [3.8, 4) is 17.6 Å². The Kier molecular flexibility index (Phi) is 9.62. The van der Waals surface area contributed by atoms with Crippen molar-refractivity contribution >= 4 is 42.0 Å². The number of alkyl halides is 3. The topological polar surface area (TPSA) is 110 Å². The normalized spacial score (nSPS) is 20.7. The highest BCUT2D eigenvalue weighted by Crippen LogP contribution is 2.33. The number of ether oxygens (including phenoxy) is 1. The van der Waals surface area contributed by atoms with Crippen LogP contribution in [0.3, 0.4) is 0 Å². The summed E-state index contributed by atoms with van der Waals surface area (Å²) in [5.41, 5.74) is 1.90. The van der Waals surface area contributed by atoms with Crippen LogP contribution in [0.25, 0.3) is 10.9 Å². The summed E-state index contributed by atoms with van der Waals surface area (Å²) >= 11 is 0. The van der Waals surface area contributed by atoms with Crippen molar-refractivity contribution in [2.45, 2.75) is 55.4 Å². The first-order chi connectivity index (χ1) is 21.2. The van der Waals surface area contributed by atoms with Crippen molar-refractivity contribution in [1.29, 1.82) is 0 Å². The number of hydrogen-bond acceptors (Lipinski definition) is 8. The summed E-state index contributed by atoms with van der Waals surface area (Å²) in [7, 11) is -4.95. The first kappa shape index (κ1) is 33.0. The minimum atomic E-state index is -4.45. The van der Waals surface area contributed by atoms with Gasteiger partial charge in [0.25, 0.3) is 0 Å². The zero-order valence-corrected chi connectivity index (χ0v) is 26.8. The van der Waals surface area contributed by atoms with Gasteiger partial charge in [-0.05, 0) is 61.9 Å². The molecule has 5 rings (SSSR count). The Bertz CT molecular complexity index is 1810. The molecule has 45 heavy (non-hydrogen) atoms. The first-order valence-corrected chi connectivity index (χ1v) is 18.4. The average Bonchev–Trinajstić information content (AvgIpc) is 3.32. The number of hydrogen-bond donors (Lipinski definition) is 2. The second-order valence-electron chi connectivity index (χ2n) is 11.6. The largest absolute Gasteiger partial charge is 0.495 e. The monoisotopic (exact) mass is 666 g/mol. The number of halogens is 3. The number of nitrogens with zero attached hydrogens (tertiary/aromatic N) is 2. The van der Waals surface area contributed by atoms with Crippen LogP contribution in [0, 0.1) is 11.8 Å². The second-order valence-corrected chi connectivity index (χ2v) is 15.9. The third-order valence-electron chi connectivity index (χ3n) is 8.42. The maximum atomic E-state index is 13.7. The van der Waals surface area contributed by atoms with Crippen molar-refractivity contribution < 1.29 is 34.7 Å². The van der Waals surface area contributed by atoms with E-state index in [0.717, 1.165) is 37.6 Å². The smallest absolute Gasteiger partial charge is 0.406 e. The highest BCUT2D eigenvalue weighted by atomic mass is 32.2. The fourth-order valence-electron chi connectivity index (χ4n) is 6.08. The molecule has 0 atom stereocenters. The van der Waals surface area contributed by atoms with Crippen molar-refractivity contribution in [1.82, 2.24) is 9.47 Å². The molecular weight excluding hydrogens is 629 g/mol. The Labute approximate surface area is 262 Å². The summed E-state index contributed by atoms with van der Waals surface area (Å²) < 4.78 is 94.7. The Morgan fingerprint density at radius 1 is 1.02 bits per heavy atom. The first-order valence-electron chi connectivity index (χ1n) is 14.7. The van der Waals surface area contributed by atoms with Crippen LogP contribution in [-0.2, 0) is 26.2 Å². The number of nitrogens with one attached hydrogen (secondary N) is 2. The van der Waals surface area contributed by atoms with Crippen LogP contribution in [0.15, 0.2) is 47.4 Å². The van der Waals surface area contributed by atoms with Crippen LogP contribution in [0.5, 0.6) is 5.75 Å². The maximum Gasteiger partial charge on any atom is 0.406 e. The molecule has 0 unspecified atom stereocenters. The third kappa shape index (κ3) is 8.25. The predicted octanol–water partition coefficient (Wildman–Crippen LogP) is 4.53. The van der Waals surface area contributed by atoms with E-state index in [1.54, 1.807) is 24.3 Å². The number of rotatable bonds is 8. The molecule has 3 aromatic rings. The molecule has 1 aliphatic carbocycles. The molecule has 1 aromatic heterocycles. The Morgan fingerprint density at radius 2 is 1.73 bits per heavy atom. The van der Waals surface area contributed by atoms with Gasteiger partial charge in [0.15, 0.2) is 19.7 Å². The molecular formula is C31H37F3N4O5S2. The SMILES string of the molecule is COc1cc(S(C)(=O)=O)ccc1NCC#Cc1cc2c(NC3CCC(N4CCS(=O)(=O)CC4)CC3)cccc2n1CC(F)(F)F. The van der Waals surface area contributed by atoms with Gasteiger partial charge in [-0.1, -0.05) is 12.0 Å². The van der Waals surface area contributed by atoms with Crippen molar-refractivity contribution in [3.05, 3.63) is 48.2 Å². The number of aromatic nitrogens is 1. The van der Waals surface area contributed by atoms with Crippen LogP contribution < -0.4 is 15.4 Å². The van der Waals surface area contributed by atoms with Crippen molar-refractivity contribution in [2.75, 3.05) is 55.1 Å². The van der Waals surface area contributed by atoms with E-state index < -0.39 is 32.4 Å². The predicted molar refractivity (Wildman–Crippen MR) is 169 cm³/mol. The maximum absolute atomic E-state index is 13.7. The second kappa shape index (κ2) is 13.1. The van der Waals surface area contributed by atoms with Crippen LogP contribution in [0.2, 0.25) is 0 Å². The molecule has 2 aromatic carbocycles. The minimum Gasteiger partial charge on any atom is -0.495 e. The summed E-state index contributed by atoms with van der Waals surface area (Å²) in [6, 6.07) is 11.8. The van der Waals surface area contributed by atoms with E-state index in [1.807, 2.05) is 6.07 Å². The van der Waals surface area contributed by atoms with E-state index in [0.29, 0.717) is 41.5 Å². The highest BCUT2D eigenvalue weighted by Gasteiger charge is 2.32. The Morgan fingerprint density at radius 3 is 2.38 bits per heavy atom. The zero-order chi connectivity index (χ0) is 32.4. The van der Waals surface area contributed by atoms with Gasteiger partial charge in [-0.15, -0.1) is 0 Å². The quantitative estimate of drug-likeness (QED) is 0.338. The Hall–Kier alpha value is -3.41. The molecule has 2 N–H and O–H groups in total. The fraction of sp³-hybridized carbons (Fsp3) is 0.484. The van der Waals surface area contributed by atoms with Crippen LogP contribution in [0.4, 0.5) is 24.5 Å². The summed E-state index contributed by atoms with van der Waals surface area (Å²) in [6.07, 6.45) is 0.244. The number of benzene rings is 2. The van der Waals surface area contributed by atoms with Gasteiger partial charge >= 0.3 is 6.18 Å². The van der Waals surface area contributed by atoms with Crippen LogP contribution in [0.1, 0.15) is 31.4 Å². The lowest BCUT2D eigenvalue weighted by Crippen LogP contribution is -2.48. The molecule has 9 nitrogen and oxygen atoms in total. The zero-order valence-electron chi connectivity index (χ0n) is 25.2. The molecule has 1 saturated heterocycles. The van der Waals surface area contributed by atoms with Gasteiger partial charge in [0, 0.05) is 48.6 Å². The molecule has 1 saturated carbocycles. The fourth-order valence-corrected chi connectivity index (χ4v) is 7.95. The number of sulfone groups is 2. The van der Waals surface area contributed by atoms with Gasteiger partial charge in [0.1, 0.15) is 12.3 Å². The van der Waals surface area contributed by atoms with Gasteiger partial charge in [-0.25, -0.2) is 16.8 Å². The molecule has 14 heteroatoms. The van der Waals surface area contributed by atoms with Crippen LogP contribution in [-0.4, -0.2) is 89.1 Å². The molecule has 0 radical (unpaired) electrons. The van der Waals surface area contributed by atoms with Crippen molar-refractivity contribution in [3.63, 3.8) is 0 Å². The van der Waals surface area contributed by atoms with Gasteiger partial charge in [0.05, 0.1) is 47.0 Å². The molecule has 2 heterocycles. The summed E-state index contributed by atoms with van der Waals surface area (Å²) in [4.78, 5) is 2.38. The van der Waals surface area contributed by atoms with E-state index in [4.69, 9.17) is 4.74 Å². The summed E-state index contributed by atoms with van der Waals surface area (Å²) in [5, 5.41) is 7.25. The molecule has 2 fully saturated rings. The number of methoxy groups -OCH3 is 1. The number of anilines is 2. The lowest BCUT2D eigenvalue weighted by atomic mass is 9.90. The van der Waals surface area contributed by atoms with E-state index >= 15 is 0 Å². The molecule has 244 valence electrons. The molecule has 1 aliphatic heterocycles. The van der Waals surface area contributed by atoms with E-state index in [9.17, 15) is 30.0 Å².